The van der Waals surface area contributed by atoms with Gasteiger partial charge in [0, 0.05) is 0 Å². The van der Waals surface area contributed by atoms with Crippen LogP contribution < -0.4 is 0 Å². The fourth-order valence-electron chi connectivity index (χ4n) is 0. The summed E-state index contributed by atoms with van der Waals surface area (Å²) in [6.07, 6.45) is 0. The van der Waals surface area contributed by atoms with Gasteiger partial charge in [-0.15, -0.1) is 0 Å². The van der Waals surface area contributed by atoms with Gasteiger partial charge in [-0.25, -0.2) is 0 Å². The minimum absolute atomic E-state index is 0. The van der Waals surface area contributed by atoms with Crippen LogP contribution in [0.1, 0.15) is 0 Å². The van der Waals surface area contributed by atoms with Gasteiger partial charge in [-0.2, -0.15) is 0 Å². The number of hydrogen-bond donors (Lipinski definition) is 0. The summed E-state index contributed by atoms with van der Waals surface area (Å²) in [5.41, 5.74) is 0. The molecule has 0 aliphatic rings. The van der Waals surface area contributed by atoms with Crippen LogP contribution in [0.25, 0.3) is 6.15 Å². The van der Waals surface area contributed by atoms with E-state index in [1.807, 2.05) is 0 Å². The Morgan fingerprint density at radius 1 is 1.00 bits per heavy atom. The Labute approximate surface area is 63.2 Å². The average molecular weight is 346 g/mol. The zero-order chi connectivity index (χ0) is 2.71. The number of hydrogen-bond acceptors (Lipinski definition) is 0. The summed E-state index contributed by atoms with van der Waals surface area (Å²) in [5, 5.41) is 0. The second-order valence-electron chi connectivity index (χ2n) is 0.0452. The maximum absolute atomic E-state index is 4.88. The molecule has 0 saturated carbocycles. The molecule has 0 aromatic rings. The molecule has 0 saturated heterocycles. The van der Waals surface area contributed by atoms with Crippen LogP contribution in [0, 0.1) is 0 Å². The predicted octanol–water partition coefficient (Wildman–Crippen LogP) is -0.810. The molecule has 0 aromatic carbocycles. The van der Waals surface area contributed by atoms with Crippen LogP contribution in [0.4, 0.5) is 0 Å². The van der Waals surface area contributed by atoms with Crippen molar-refractivity contribution >= 4 is 40.8 Å². The third-order valence-corrected chi connectivity index (χ3v) is 0. The van der Waals surface area contributed by atoms with E-state index in [1.54, 1.807) is 0 Å². The molecular weight excluding hydrogens is 336 g/mol. The second-order valence-corrected chi connectivity index (χ2v) is 3.33. The van der Waals surface area contributed by atoms with Gasteiger partial charge in [0.05, 0.1) is 0 Å². The van der Waals surface area contributed by atoms with Crippen molar-refractivity contribution in [3.05, 3.63) is 6.15 Å². The van der Waals surface area contributed by atoms with Crippen molar-refractivity contribution in [2.75, 3.05) is 0 Å². The molecule has 6 heteroatoms. The molecule has 0 bridgehead atoms. The van der Waals surface area contributed by atoms with Gasteiger partial charge in [0.25, 0.3) is 0 Å². The number of rotatable bonds is 0. The zero-order valence-electron chi connectivity index (χ0n) is 1.65. The quantitative estimate of drug-likeness (QED) is 0.515. The van der Waals surface area contributed by atoms with Gasteiger partial charge in [-0.1, -0.05) is 0 Å². The third-order valence-electron chi connectivity index (χ3n) is 0. The third kappa shape index (κ3) is 44.5. The molecule has 0 unspecified atom stereocenters. The first-order chi connectivity index (χ1) is 1.41. The molecule has 48 valence electrons. The molecule has 6 heavy (non-hydrogen) atoms. The van der Waals surface area contributed by atoms with Crippen molar-refractivity contribution in [1.29, 1.82) is 0 Å². The van der Waals surface area contributed by atoms with E-state index < -0.39 is 16.5 Å². The minimum Gasteiger partial charge on any atom is -0.693 e. The minimum atomic E-state index is -0.472. The van der Waals surface area contributed by atoms with Gasteiger partial charge in [-0.3, -0.25) is 0 Å². The predicted molar refractivity (Wildman–Crippen MR) is 39.7 cm³/mol. The van der Waals surface area contributed by atoms with Crippen LogP contribution in [-0.2, 0) is 16.5 Å². The number of nitrogens with two attached hydrogens (primary N) is 1. The molecule has 0 spiro atoms. The zero-order valence-corrected chi connectivity index (χ0v) is 5.43. The summed E-state index contributed by atoms with van der Waals surface area (Å²) in [7, 11) is 9.75. The molecule has 1 nitrogen and oxygen atoms in total. The maximum atomic E-state index is 4.88. The van der Waals surface area contributed by atoms with Crippen molar-refractivity contribution in [3.8, 4) is 0 Å². The Kier molecular flexibility index (Phi) is 127. The van der Waals surface area contributed by atoms with E-state index in [4.69, 9.17) is 18.8 Å². The van der Waals surface area contributed by atoms with Gasteiger partial charge in [0.15, 0.2) is 0 Å². The molecule has 0 heterocycles. The molecule has 0 aliphatic carbocycles. The molecule has 0 rings (SSSR count). The van der Waals surface area contributed by atoms with Crippen molar-refractivity contribution in [3.63, 3.8) is 0 Å². The average Bonchev–Trinajstić information content (AvgIpc) is 0.918. The fraction of sp³-hybridized carbons (Fsp3) is 0. The Morgan fingerprint density at radius 3 is 1.00 bits per heavy atom. The van der Waals surface area contributed by atoms with Gasteiger partial charge in [0.2, 0.25) is 0 Å². The largest absolute Gasteiger partial charge is 0.693 e. The maximum Gasteiger partial charge on any atom is -0.0149 e. The van der Waals surface area contributed by atoms with Crippen molar-refractivity contribution in [2.45, 2.75) is 0 Å². The SMILES string of the molecule is [Cl][Pt][Cl].[NH2-].[SiH4].[SiH4]. The van der Waals surface area contributed by atoms with Crippen LogP contribution in [0.3, 0.4) is 0 Å². The van der Waals surface area contributed by atoms with Crippen molar-refractivity contribution in [2.24, 2.45) is 0 Å². The van der Waals surface area contributed by atoms with Gasteiger partial charge >= 0.3 is 35.3 Å². The van der Waals surface area contributed by atoms with E-state index in [-0.39, 0.29) is 28.1 Å². The molecule has 0 aromatic heterocycles. The molecule has 0 aliphatic heterocycles. The first kappa shape index (κ1) is 25.4. The Morgan fingerprint density at radius 2 is 1.00 bits per heavy atom. The van der Waals surface area contributed by atoms with Gasteiger partial charge < -0.3 is 6.15 Å². The molecule has 0 fully saturated rings. The molecule has 2 N–H and O–H groups in total. The Bertz CT molecular complexity index is 11.5. The standard InChI is InChI=1S/2ClH.H2N.Pt.2H4Si/h2*1H;1H2;;2*1H4/q;;-1;+2;;/p-2. The van der Waals surface area contributed by atoms with E-state index in [0.717, 1.165) is 0 Å². The van der Waals surface area contributed by atoms with E-state index in [1.165, 1.54) is 0 Å². The number of halogens is 2. The fourth-order valence-corrected chi connectivity index (χ4v) is 0. The van der Waals surface area contributed by atoms with E-state index >= 15 is 0 Å². The van der Waals surface area contributed by atoms with E-state index in [0.29, 0.717) is 0 Å². The summed E-state index contributed by atoms with van der Waals surface area (Å²) < 4.78 is 0. The topological polar surface area (TPSA) is 33.5 Å². The summed E-state index contributed by atoms with van der Waals surface area (Å²) in [4.78, 5) is 0. The van der Waals surface area contributed by atoms with Crippen LogP contribution in [0.2, 0.25) is 0 Å². The molecular formula is H10Cl2NPtSi2-. The smallest absolute Gasteiger partial charge is 0.0149 e. The Balaban J connectivity index is -0.00000000667. The van der Waals surface area contributed by atoms with Crippen LogP contribution in [0.15, 0.2) is 0 Å². The summed E-state index contributed by atoms with van der Waals surface area (Å²) in [5.74, 6) is 0. The van der Waals surface area contributed by atoms with Crippen LogP contribution >= 0.6 is 18.8 Å². The second kappa shape index (κ2) is 30.1. The van der Waals surface area contributed by atoms with Gasteiger partial charge in [-0.05, 0) is 21.9 Å². The monoisotopic (exact) mass is 345 g/mol. The van der Waals surface area contributed by atoms with Crippen LogP contribution in [-0.4, -0.2) is 21.9 Å². The van der Waals surface area contributed by atoms with Crippen molar-refractivity contribution in [1.82, 2.24) is 0 Å². The molecule has 0 radical (unpaired) electrons. The van der Waals surface area contributed by atoms with E-state index in [2.05, 4.69) is 0 Å². The summed E-state index contributed by atoms with van der Waals surface area (Å²) in [6.45, 7) is 0. The van der Waals surface area contributed by atoms with Gasteiger partial charge in [0.1, 0.15) is 0 Å². The Hall–Kier alpha value is 1.66. The molecule has 0 amide bonds. The first-order valence-corrected chi connectivity index (χ1v) is 5.87. The summed E-state index contributed by atoms with van der Waals surface area (Å²) >= 11 is -0.472. The normalized spacial score (nSPS) is 3.67. The first-order valence-electron chi connectivity index (χ1n) is 0.239. The van der Waals surface area contributed by atoms with E-state index in [9.17, 15) is 0 Å². The van der Waals surface area contributed by atoms with Crippen molar-refractivity contribution < 1.29 is 16.5 Å². The molecule has 0 atom stereocenters. The summed E-state index contributed by atoms with van der Waals surface area (Å²) in [6, 6.07) is 0. The van der Waals surface area contributed by atoms with Crippen LogP contribution in [0.5, 0.6) is 0 Å².